The van der Waals surface area contributed by atoms with Gasteiger partial charge in [0, 0.05) is 0 Å². The van der Waals surface area contributed by atoms with Gasteiger partial charge in [-0.15, -0.1) is 6.61 Å². The second kappa shape index (κ2) is 47.4. The minimum absolute atomic E-state index is 0. The molecule has 0 bridgehead atoms. The van der Waals surface area contributed by atoms with Crippen LogP contribution in [0.3, 0.4) is 0 Å². The quantitative estimate of drug-likeness (QED) is 0.0459. The van der Waals surface area contributed by atoms with E-state index in [9.17, 15) is 0 Å². The van der Waals surface area contributed by atoms with Crippen LogP contribution in [0.2, 0.25) is 0 Å². The summed E-state index contributed by atoms with van der Waals surface area (Å²) >= 11 is 0. The maximum absolute atomic E-state index is 8.93. The lowest BCUT2D eigenvalue weighted by atomic mass is 10.1. The highest BCUT2D eigenvalue weighted by Gasteiger charge is 2.14. The first-order valence-electron chi connectivity index (χ1n) is 22.9. The molecule has 50 heavy (non-hydrogen) atoms. The largest absolute Gasteiger partial charge is 1.00 e. The minimum Gasteiger partial charge on any atom is -1.00 e. The molecule has 0 saturated carbocycles. The van der Waals surface area contributed by atoms with Crippen LogP contribution in [-0.2, 0) is 0 Å². The van der Waals surface area contributed by atoms with E-state index in [1.165, 1.54) is 241 Å². The van der Waals surface area contributed by atoms with E-state index in [1.54, 1.807) is 6.92 Å². The molecule has 0 aromatic rings. The number of unbranched alkanes of at least 4 members (excludes halogenated alkanes) is 28. The van der Waals surface area contributed by atoms with E-state index < -0.39 is 0 Å². The van der Waals surface area contributed by atoms with E-state index in [0.29, 0.717) is 0 Å². The highest BCUT2D eigenvalue weighted by atomic mass is 79.9. The van der Waals surface area contributed by atoms with Gasteiger partial charge in [-0.25, -0.2) is 0 Å². The SMILES string of the molecule is CCCCCCCCCC[N+](C)(C)CCCCCCCCCC.CCCCCCCCCC[N+](C)(C)CCCCCCCCCC.CC[O-].[Br-]. The van der Waals surface area contributed by atoms with Crippen molar-refractivity contribution in [3.63, 3.8) is 0 Å². The summed E-state index contributed by atoms with van der Waals surface area (Å²) in [6.07, 6.45) is 46.1. The molecule has 0 rings (SSSR count). The zero-order valence-electron chi connectivity index (χ0n) is 36.8. The van der Waals surface area contributed by atoms with E-state index in [1.807, 2.05) is 0 Å². The molecule has 0 radical (unpaired) electrons. The van der Waals surface area contributed by atoms with Gasteiger partial charge in [-0.2, -0.15) is 0 Å². The maximum Gasteiger partial charge on any atom is 0.0782 e. The molecule has 0 amide bonds. The summed E-state index contributed by atoms with van der Waals surface area (Å²) in [7, 11) is 9.73. The van der Waals surface area contributed by atoms with Gasteiger partial charge in [0.25, 0.3) is 0 Å². The molecule has 0 aliphatic rings. The predicted molar refractivity (Wildman–Crippen MR) is 225 cm³/mol. The molecule has 0 aliphatic carbocycles. The third-order valence-electron chi connectivity index (χ3n) is 10.5. The molecule has 0 fully saturated rings. The fourth-order valence-electron chi connectivity index (χ4n) is 6.92. The maximum atomic E-state index is 8.93. The van der Waals surface area contributed by atoms with E-state index >= 15 is 0 Å². The highest BCUT2D eigenvalue weighted by Crippen LogP contribution is 2.15. The first kappa shape index (κ1) is 57.1. The van der Waals surface area contributed by atoms with Gasteiger partial charge in [-0.3, -0.25) is 0 Å². The summed E-state index contributed by atoms with van der Waals surface area (Å²) in [5, 5.41) is 8.93. The number of quaternary nitrogens is 2. The molecule has 0 saturated heterocycles. The summed E-state index contributed by atoms with van der Waals surface area (Å²) < 4.78 is 2.48. The Morgan fingerprint density at radius 1 is 0.260 bits per heavy atom. The molecule has 0 spiro atoms. The smallest absolute Gasteiger partial charge is 0.0782 e. The Kier molecular flexibility index (Phi) is 54.1. The van der Waals surface area contributed by atoms with E-state index in [-0.39, 0.29) is 23.6 Å². The molecule has 0 aromatic carbocycles. The Balaban J connectivity index is -0.000000385. The molecule has 308 valence electrons. The molecule has 3 nitrogen and oxygen atoms in total. The van der Waals surface area contributed by atoms with Crippen molar-refractivity contribution >= 4 is 0 Å². The van der Waals surface area contributed by atoms with Crippen molar-refractivity contribution in [1.82, 2.24) is 0 Å². The molecule has 0 N–H and O–H groups in total. The Morgan fingerprint density at radius 3 is 0.520 bits per heavy atom. The fraction of sp³-hybridized carbons (Fsp3) is 1.00. The zero-order chi connectivity index (χ0) is 37.2. The van der Waals surface area contributed by atoms with Gasteiger partial charge in [-0.05, 0) is 51.4 Å². The molecule has 0 unspecified atom stereocenters. The number of rotatable bonds is 36. The number of halogens is 1. The third kappa shape index (κ3) is 55.1. The first-order chi connectivity index (χ1) is 23.7. The van der Waals surface area contributed by atoms with Crippen molar-refractivity contribution in [3.05, 3.63) is 0 Å². The normalized spacial score (nSPS) is 11.4. The monoisotopic (exact) mass is 777 g/mol. The third-order valence-corrected chi connectivity index (χ3v) is 10.5. The van der Waals surface area contributed by atoms with Crippen LogP contribution in [0, 0.1) is 0 Å². The highest BCUT2D eigenvalue weighted by molar-refractivity contribution is 4.50. The van der Waals surface area contributed by atoms with E-state index in [4.69, 9.17) is 5.11 Å². The average Bonchev–Trinajstić information content (AvgIpc) is 3.06. The Hall–Kier alpha value is 0.360. The first-order valence-corrected chi connectivity index (χ1v) is 22.9. The van der Waals surface area contributed by atoms with Crippen LogP contribution in [0.15, 0.2) is 0 Å². The van der Waals surface area contributed by atoms with Crippen molar-refractivity contribution < 1.29 is 31.1 Å². The summed E-state index contributed by atoms with van der Waals surface area (Å²) in [4.78, 5) is 0. The van der Waals surface area contributed by atoms with E-state index in [2.05, 4.69) is 55.9 Å². The lowest BCUT2D eigenvalue weighted by Gasteiger charge is -2.30. The van der Waals surface area contributed by atoms with Gasteiger partial charge in [0.1, 0.15) is 0 Å². The summed E-state index contributed by atoms with van der Waals surface area (Å²) in [6, 6.07) is 0. The standard InChI is InChI=1S/2C22H48N.C2H5O.BrH/c2*1-5-7-9-11-13-15-17-19-21-23(3,4)22-20-18-16-14-12-10-8-6-2;1-2-3;/h2*5-22H2,1-4H3;2H2,1H3;1H/q2*+1;-1;/p-1. The Bertz CT molecular complexity index is 476. The van der Waals surface area contributed by atoms with Crippen molar-refractivity contribution in [3.8, 4) is 0 Å². The molecule has 0 heterocycles. The summed E-state index contributed by atoms with van der Waals surface area (Å²) in [5.41, 5.74) is 0. The van der Waals surface area contributed by atoms with Crippen LogP contribution >= 0.6 is 0 Å². The molecule has 4 heteroatoms. The molecular formula is C46H101BrN2O. The van der Waals surface area contributed by atoms with Crippen LogP contribution in [0.1, 0.15) is 240 Å². The lowest BCUT2D eigenvalue weighted by Crippen LogP contribution is -3.00. The van der Waals surface area contributed by atoms with Gasteiger partial charge in [0.05, 0.1) is 54.4 Å². The fourth-order valence-corrected chi connectivity index (χ4v) is 6.92. The second-order valence-electron chi connectivity index (χ2n) is 17.0. The van der Waals surface area contributed by atoms with Gasteiger partial charge in [-0.1, -0.05) is 189 Å². The van der Waals surface area contributed by atoms with Crippen molar-refractivity contribution in [2.45, 2.75) is 240 Å². The molecule has 0 aromatic heterocycles. The second-order valence-corrected chi connectivity index (χ2v) is 17.0. The van der Waals surface area contributed by atoms with Gasteiger partial charge in [0.15, 0.2) is 0 Å². The number of hydrogen-bond acceptors (Lipinski definition) is 1. The van der Waals surface area contributed by atoms with Crippen LogP contribution in [0.25, 0.3) is 0 Å². The number of hydrogen-bond donors (Lipinski definition) is 0. The van der Waals surface area contributed by atoms with Gasteiger partial charge < -0.3 is 31.1 Å². The zero-order valence-corrected chi connectivity index (χ0v) is 38.4. The van der Waals surface area contributed by atoms with E-state index in [0.717, 1.165) is 0 Å². The summed E-state index contributed by atoms with van der Waals surface area (Å²) in [5.74, 6) is 0. The Labute approximate surface area is 330 Å². The topological polar surface area (TPSA) is 23.1 Å². The predicted octanol–water partition coefficient (Wildman–Crippen LogP) is 11.1. The summed E-state index contributed by atoms with van der Waals surface area (Å²) in [6.45, 7) is 16.3. The van der Waals surface area contributed by atoms with Crippen LogP contribution in [0.5, 0.6) is 0 Å². The van der Waals surface area contributed by atoms with Crippen LogP contribution < -0.4 is 22.1 Å². The van der Waals surface area contributed by atoms with Gasteiger partial charge in [0.2, 0.25) is 0 Å². The Morgan fingerprint density at radius 2 is 0.380 bits per heavy atom. The van der Waals surface area contributed by atoms with Crippen molar-refractivity contribution in [2.24, 2.45) is 0 Å². The average molecular weight is 778 g/mol. The van der Waals surface area contributed by atoms with Gasteiger partial charge >= 0.3 is 0 Å². The van der Waals surface area contributed by atoms with Crippen LogP contribution in [-0.4, -0.2) is 69.9 Å². The van der Waals surface area contributed by atoms with Crippen molar-refractivity contribution in [2.75, 3.05) is 61.0 Å². The lowest BCUT2D eigenvalue weighted by molar-refractivity contribution is -0.890. The van der Waals surface area contributed by atoms with Crippen LogP contribution in [0.4, 0.5) is 0 Å². The molecule has 0 aliphatic heterocycles. The number of nitrogens with zero attached hydrogens (tertiary/aromatic N) is 2. The van der Waals surface area contributed by atoms with Crippen molar-refractivity contribution in [1.29, 1.82) is 0 Å². The molecule has 0 atom stereocenters. The minimum atomic E-state index is 0. The molecular weight excluding hydrogens is 676 g/mol.